The smallest absolute Gasteiger partial charge is 0.162 e. The molecular formula is C21H24N4OS. The highest BCUT2D eigenvalue weighted by Crippen LogP contribution is 2.45. The number of nitrogens with zero attached hydrogens (tertiary/aromatic N) is 3. The van der Waals surface area contributed by atoms with Gasteiger partial charge < -0.3 is 10.4 Å². The van der Waals surface area contributed by atoms with Gasteiger partial charge in [0.15, 0.2) is 6.23 Å². The molecule has 6 heteroatoms. The molecule has 2 heterocycles. The molecule has 140 valence electrons. The maximum Gasteiger partial charge on any atom is 0.162 e. The second-order valence-electron chi connectivity index (χ2n) is 7.73. The van der Waals surface area contributed by atoms with E-state index in [4.69, 9.17) is 5.10 Å². The molecule has 5 rings (SSSR count). The van der Waals surface area contributed by atoms with Gasteiger partial charge in [0.1, 0.15) is 0 Å². The molecule has 2 aromatic heterocycles. The molecule has 0 radical (unpaired) electrons. The summed E-state index contributed by atoms with van der Waals surface area (Å²) in [5.41, 5.74) is 5.47. The van der Waals surface area contributed by atoms with Gasteiger partial charge in [0.2, 0.25) is 0 Å². The van der Waals surface area contributed by atoms with Crippen molar-refractivity contribution in [2.75, 3.05) is 5.32 Å². The van der Waals surface area contributed by atoms with Crippen LogP contribution >= 0.6 is 11.3 Å². The van der Waals surface area contributed by atoms with E-state index in [1.807, 2.05) is 26.0 Å². The molecule has 0 amide bonds. The minimum atomic E-state index is -0.741. The van der Waals surface area contributed by atoms with Crippen molar-refractivity contribution in [2.45, 2.75) is 57.6 Å². The van der Waals surface area contributed by atoms with Crippen LogP contribution in [-0.2, 0) is 0 Å². The number of hydrogen-bond donors (Lipinski definition) is 2. The zero-order valence-corrected chi connectivity index (χ0v) is 16.5. The lowest BCUT2D eigenvalue weighted by atomic mass is 10.2. The van der Waals surface area contributed by atoms with Crippen LogP contribution in [0.15, 0.2) is 30.3 Å². The molecule has 2 N–H and O–H groups in total. The first kappa shape index (κ1) is 17.0. The lowest BCUT2D eigenvalue weighted by molar-refractivity contribution is 0.211. The Morgan fingerprint density at radius 2 is 1.81 bits per heavy atom. The first-order valence-electron chi connectivity index (χ1n) is 9.67. The second kappa shape index (κ2) is 6.46. The predicted molar refractivity (Wildman–Crippen MR) is 108 cm³/mol. The van der Waals surface area contributed by atoms with Gasteiger partial charge in [0.05, 0.1) is 27.0 Å². The van der Waals surface area contributed by atoms with E-state index in [0.29, 0.717) is 11.8 Å². The minimum absolute atomic E-state index is 0.669. The molecular weight excluding hydrogens is 356 g/mol. The Kier molecular flexibility index (Phi) is 4.06. The topological polar surface area (TPSA) is 63.0 Å². The molecule has 1 unspecified atom stereocenters. The summed E-state index contributed by atoms with van der Waals surface area (Å²) >= 11 is 1.53. The van der Waals surface area contributed by atoms with Crippen LogP contribution < -0.4 is 5.32 Å². The number of aliphatic hydroxyl groups is 1. The zero-order valence-electron chi connectivity index (χ0n) is 15.6. The van der Waals surface area contributed by atoms with Crippen LogP contribution in [-0.4, -0.2) is 19.9 Å². The van der Waals surface area contributed by atoms with Crippen LogP contribution in [0.25, 0.3) is 5.69 Å². The van der Waals surface area contributed by atoms with Gasteiger partial charge in [-0.25, -0.2) is 9.67 Å². The predicted octanol–water partition coefficient (Wildman–Crippen LogP) is 4.80. The summed E-state index contributed by atoms with van der Waals surface area (Å²) in [4.78, 5) is 5.26. The Morgan fingerprint density at radius 3 is 2.41 bits per heavy atom. The fourth-order valence-corrected chi connectivity index (χ4v) is 4.46. The number of aromatic nitrogens is 3. The van der Waals surface area contributed by atoms with E-state index < -0.39 is 6.23 Å². The number of nitrogens with one attached hydrogen (secondary N) is 1. The standard InChI is InChI=1S/C21H24N4OS/c1-12-20(27-13(2)22-12)21(26)23-16-7-9-17(10-8-16)25-19(15-5-6-15)11-18(24-25)14-3-4-14/h7-11,14-15,21,23,26H,3-6H2,1-2H3. The molecule has 2 fully saturated rings. The van der Waals surface area contributed by atoms with Crippen LogP contribution in [0.1, 0.15) is 70.7 Å². The van der Waals surface area contributed by atoms with E-state index in [-0.39, 0.29) is 0 Å². The Morgan fingerprint density at radius 1 is 1.11 bits per heavy atom. The monoisotopic (exact) mass is 380 g/mol. The van der Waals surface area contributed by atoms with Crippen molar-refractivity contribution in [3.8, 4) is 5.69 Å². The van der Waals surface area contributed by atoms with Crippen molar-refractivity contribution in [1.29, 1.82) is 0 Å². The number of hydrogen-bond acceptors (Lipinski definition) is 5. The Bertz CT molecular complexity index is 967. The molecule has 0 bridgehead atoms. The van der Waals surface area contributed by atoms with Gasteiger partial charge in [0.25, 0.3) is 0 Å². The average molecular weight is 381 g/mol. The molecule has 27 heavy (non-hydrogen) atoms. The number of aliphatic hydroxyl groups excluding tert-OH is 1. The van der Waals surface area contributed by atoms with E-state index in [2.05, 4.69) is 33.2 Å². The third-order valence-corrected chi connectivity index (χ3v) is 6.48. The van der Waals surface area contributed by atoms with Crippen LogP contribution in [0, 0.1) is 13.8 Å². The molecule has 5 nitrogen and oxygen atoms in total. The molecule has 0 saturated heterocycles. The van der Waals surface area contributed by atoms with Crippen molar-refractivity contribution < 1.29 is 5.11 Å². The number of anilines is 1. The highest BCUT2D eigenvalue weighted by atomic mass is 32.1. The van der Waals surface area contributed by atoms with Crippen LogP contribution in [0.4, 0.5) is 5.69 Å². The first-order valence-corrected chi connectivity index (χ1v) is 10.5. The molecule has 0 spiro atoms. The Hall–Kier alpha value is -2.18. The third-order valence-electron chi connectivity index (χ3n) is 5.35. The molecule has 2 aliphatic carbocycles. The lowest BCUT2D eigenvalue weighted by Gasteiger charge is -2.14. The summed E-state index contributed by atoms with van der Waals surface area (Å²) in [7, 11) is 0. The molecule has 3 aromatic rings. The van der Waals surface area contributed by atoms with Crippen molar-refractivity contribution in [3.05, 3.63) is 57.3 Å². The van der Waals surface area contributed by atoms with E-state index in [0.717, 1.165) is 27.0 Å². The second-order valence-corrected chi connectivity index (χ2v) is 8.97. The van der Waals surface area contributed by atoms with Gasteiger partial charge in [-0.1, -0.05) is 0 Å². The molecule has 0 aliphatic heterocycles. The van der Waals surface area contributed by atoms with Crippen LogP contribution in [0.2, 0.25) is 0 Å². The van der Waals surface area contributed by atoms with Gasteiger partial charge in [-0.3, -0.25) is 0 Å². The molecule has 2 aliphatic rings. The molecule has 1 aromatic carbocycles. The normalized spacial score (nSPS) is 17.9. The zero-order chi connectivity index (χ0) is 18.5. The molecule has 2 saturated carbocycles. The fourth-order valence-electron chi connectivity index (χ4n) is 3.59. The van der Waals surface area contributed by atoms with E-state index in [1.54, 1.807) is 0 Å². The van der Waals surface area contributed by atoms with Gasteiger partial charge in [0, 0.05) is 23.2 Å². The van der Waals surface area contributed by atoms with Gasteiger partial charge >= 0.3 is 0 Å². The summed E-state index contributed by atoms with van der Waals surface area (Å²) in [6.45, 7) is 3.89. The third kappa shape index (κ3) is 3.39. The van der Waals surface area contributed by atoms with Crippen molar-refractivity contribution in [2.24, 2.45) is 0 Å². The van der Waals surface area contributed by atoms with Gasteiger partial charge in [-0.05, 0) is 69.9 Å². The van der Waals surface area contributed by atoms with Gasteiger partial charge in [-0.15, -0.1) is 11.3 Å². The van der Waals surface area contributed by atoms with E-state index in [1.165, 1.54) is 48.4 Å². The number of benzene rings is 1. The maximum atomic E-state index is 10.5. The highest BCUT2D eigenvalue weighted by molar-refractivity contribution is 7.11. The Balaban J connectivity index is 1.37. The summed E-state index contributed by atoms with van der Waals surface area (Å²) in [6.07, 6.45) is 4.36. The number of thiazole rings is 1. The van der Waals surface area contributed by atoms with E-state index >= 15 is 0 Å². The van der Waals surface area contributed by atoms with Crippen LogP contribution in [0.3, 0.4) is 0 Å². The largest absolute Gasteiger partial charge is 0.369 e. The Labute approximate surface area is 163 Å². The summed E-state index contributed by atoms with van der Waals surface area (Å²) in [5, 5.41) is 19.5. The minimum Gasteiger partial charge on any atom is -0.369 e. The summed E-state index contributed by atoms with van der Waals surface area (Å²) in [5.74, 6) is 1.34. The SMILES string of the molecule is Cc1nc(C)c(C(O)Nc2ccc(-n3nc(C4CC4)cc3C3CC3)cc2)s1. The summed E-state index contributed by atoms with van der Waals surface area (Å²) < 4.78 is 2.13. The lowest BCUT2D eigenvalue weighted by Crippen LogP contribution is -2.09. The first-order chi connectivity index (χ1) is 13.1. The molecule has 1 atom stereocenters. The van der Waals surface area contributed by atoms with Gasteiger partial charge in [-0.2, -0.15) is 5.10 Å². The quantitative estimate of drug-likeness (QED) is 0.603. The number of aryl methyl sites for hydroxylation is 2. The van der Waals surface area contributed by atoms with Crippen molar-refractivity contribution >= 4 is 17.0 Å². The highest BCUT2D eigenvalue weighted by Gasteiger charge is 2.32. The fraction of sp³-hybridized carbons (Fsp3) is 0.429. The van der Waals surface area contributed by atoms with E-state index in [9.17, 15) is 5.11 Å². The average Bonchev–Trinajstić information content (AvgIpc) is 3.58. The van der Waals surface area contributed by atoms with Crippen molar-refractivity contribution in [3.63, 3.8) is 0 Å². The number of rotatable bonds is 6. The van der Waals surface area contributed by atoms with Crippen molar-refractivity contribution in [1.82, 2.24) is 14.8 Å². The maximum absolute atomic E-state index is 10.5. The summed E-state index contributed by atoms with van der Waals surface area (Å²) in [6, 6.07) is 10.5. The van der Waals surface area contributed by atoms with Crippen LogP contribution in [0.5, 0.6) is 0 Å².